The lowest BCUT2D eigenvalue weighted by atomic mass is 9.96. The summed E-state index contributed by atoms with van der Waals surface area (Å²) in [5, 5.41) is 0.528. The van der Waals surface area contributed by atoms with Crippen LogP contribution < -0.4 is 0 Å². The smallest absolute Gasteiger partial charge is 0.255 e. The summed E-state index contributed by atoms with van der Waals surface area (Å²) in [6.45, 7) is 2.60. The zero-order valence-electron chi connectivity index (χ0n) is 13.7. The summed E-state index contributed by atoms with van der Waals surface area (Å²) >= 11 is 6.20. The first-order valence-corrected chi connectivity index (χ1v) is 9.15. The lowest BCUT2D eigenvalue weighted by molar-refractivity contribution is 0.0703. The highest BCUT2D eigenvalue weighted by Crippen LogP contribution is 2.33. The number of amides is 1. The van der Waals surface area contributed by atoms with E-state index in [-0.39, 0.29) is 5.91 Å². The maximum atomic E-state index is 12.8. The zero-order valence-corrected chi connectivity index (χ0v) is 14.5. The number of rotatable bonds is 4. The lowest BCUT2D eigenvalue weighted by Crippen LogP contribution is -2.40. The van der Waals surface area contributed by atoms with Gasteiger partial charge in [0.2, 0.25) is 0 Å². The molecule has 0 N–H and O–H groups in total. The van der Waals surface area contributed by atoms with Crippen molar-refractivity contribution in [3.8, 4) is 0 Å². The van der Waals surface area contributed by atoms with Gasteiger partial charge < -0.3 is 9.47 Å². The van der Waals surface area contributed by atoms with Crippen molar-refractivity contribution >= 4 is 17.5 Å². The molecule has 1 amide bonds. The van der Waals surface area contributed by atoms with E-state index in [1.54, 1.807) is 6.07 Å². The molecular formula is C19H22ClN3O. The molecule has 1 aromatic carbocycles. The monoisotopic (exact) mass is 343 g/mol. The predicted molar refractivity (Wildman–Crippen MR) is 94.3 cm³/mol. The van der Waals surface area contributed by atoms with Crippen LogP contribution in [-0.4, -0.2) is 33.4 Å². The highest BCUT2D eigenvalue weighted by atomic mass is 35.5. The van der Waals surface area contributed by atoms with E-state index >= 15 is 0 Å². The van der Waals surface area contributed by atoms with Crippen LogP contribution in [0.1, 0.15) is 47.8 Å². The van der Waals surface area contributed by atoms with Gasteiger partial charge in [0.15, 0.2) is 0 Å². The van der Waals surface area contributed by atoms with E-state index in [1.807, 2.05) is 29.3 Å². The average Bonchev–Trinajstić information content (AvgIpc) is 3.30. The Morgan fingerprint density at radius 2 is 2.08 bits per heavy atom. The molecule has 0 bridgehead atoms. The Hall–Kier alpha value is -1.81. The molecule has 2 fully saturated rings. The Morgan fingerprint density at radius 1 is 1.25 bits per heavy atom. The van der Waals surface area contributed by atoms with Gasteiger partial charge >= 0.3 is 0 Å². The lowest BCUT2D eigenvalue weighted by Gasteiger charge is -2.33. The number of piperidine rings is 1. The molecule has 5 heteroatoms. The molecule has 126 valence electrons. The average molecular weight is 344 g/mol. The van der Waals surface area contributed by atoms with Crippen LogP contribution in [0.2, 0.25) is 5.02 Å². The van der Waals surface area contributed by atoms with E-state index in [2.05, 4.69) is 15.7 Å². The minimum absolute atomic E-state index is 0.0330. The van der Waals surface area contributed by atoms with Gasteiger partial charge in [0.1, 0.15) is 5.82 Å². The Kier molecular flexibility index (Phi) is 4.31. The summed E-state index contributed by atoms with van der Waals surface area (Å²) < 4.78 is 2.30. The van der Waals surface area contributed by atoms with Gasteiger partial charge in [0.25, 0.3) is 5.91 Å². The highest BCUT2D eigenvalue weighted by Gasteiger charge is 2.30. The summed E-state index contributed by atoms with van der Waals surface area (Å²) in [5.74, 6) is 2.31. The third-order valence-corrected chi connectivity index (χ3v) is 5.41. The zero-order chi connectivity index (χ0) is 16.5. The molecule has 1 aliphatic heterocycles. The van der Waals surface area contributed by atoms with Crippen LogP contribution in [-0.2, 0) is 6.54 Å². The number of nitrogens with zero attached hydrogens (tertiary/aromatic N) is 3. The fourth-order valence-electron chi connectivity index (χ4n) is 3.59. The second kappa shape index (κ2) is 6.60. The second-order valence-corrected chi connectivity index (χ2v) is 7.36. The molecule has 0 radical (unpaired) electrons. The van der Waals surface area contributed by atoms with Gasteiger partial charge in [-0.25, -0.2) is 4.98 Å². The van der Waals surface area contributed by atoms with Gasteiger partial charge in [-0.2, -0.15) is 0 Å². The van der Waals surface area contributed by atoms with Gasteiger partial charge in [0, 0.05) is 37.9 Å². The number of carbonyl (C=O) groups is 1. The Labute approximate surface area is 147 Å². The van der Waals surface area contributed by atoms with Crippen molar-refractivity contribution in [1.82, 2.24) is 14.5 Å². The first-order chi connectivity index (χ1) is 11.7. The Bertz CT molecular complexity index is 738. The van der Waals surface area contributed by atoms with Crippen LogP contribution in [0.4, 0.5) is 0 Å². The molecule has 0 spiro atoms. The van der Waals surface area contributed by atoms with Crippen molar-refractivity contribution in [2.75, 3.05) is 13.1 Å². The molecule has 4 nitrogen and oxygen atoms in total. The number of carbonyl (C=O) groups excluding carboxylic acids is 1. The largest absolute Gasteiger partial charge is 0.338 e. The van der Waals surface area contributed by atoms with Crippen LogP contribution in [0.15, 0.2) is 36.7 Å². The first-order valence-electron chi connectivity index (χ1n) is 8.77. The van der Waals surface area contributed by atoms with Gasteiger partial charge in [-0.1, -0.05) is 23.7 Å². The van der Waals surface area contributed by atoms with Gasteiger partial charge in [-0.3, -0.25) is 4.79 Å². The topological polar surface area (TPSA) is 38.1 Å². The molecule has 1 saturated carbocycles. The maximum absolute atomic E-state index is 12.8. The van der Waals surface area contributed by atoms with Crippen molar-refractivity contribution < 1.29 is 4.79 Å². The van der Waals surface area contributed by atoms with Gasteiger partial charge in [-0.15, -0.1) is 0 Å². The summed E-state index contributed by atoms with van der Waals surface area (Å²) in [6, 6.07) is 7.30. The third-order valence-electron chi connectivity index (χ3n) is 5.08. The summed E-state index contributed by atoms with van der Waals surface area (Å²) in [5.41, 5.74) is 0.598. The van der Waals surface area contributed by atoms with E-state index < -0.39 is 0 Å². The minimum Gasteiger partial charge on any atom is -0.338 e. The molecule has 4 rings (SSSR count). The SMILES string of the molecule is O=C(c1ccccc1Cl)N1CCC[C@H](c2nccn2CC2CC2)C1. The van der Waals surface area contributed by atoms with E-state index in [9.17, 15) is 4.79 Å². The van der Waals surface area contributed by atoms with Gasteiger partial charge in [0.05, 0.1) is 10.6 Å². The number of halogens is 1. The van der Waals surface area contributed by atoms with Crippen LogP contribution >= 0.6 is 11.6 Å². The van der Waals surface area contributed by atoms with Crippen molar-refractivity contribution in [1.29, 1.82) is 0 Å². The summed E-state index contributed by atoms with van der Waals surface area (Å²) in [7, 11) is 0. The fourth-order valence-corrected chi connectivity index (χ4v) is 3.81. The molecule has 2 aromatic rings. The molecule has 1 saturated heterocycles. The molecule has 1 atom stereocenters. The van der Waals surface area contributed by atoms with E-state index in [0.29, 0.717) is 16.5 Å². The third kappa shape index (κ3) is 3.20. The molecule has 24 heavy (non-hydrogen) atoms. The predicted octanol–water partition coefficient (Wildman–Crippen LogP) is 3.97. The standard InChI is InChI=1S/C19H22ClN3O/c20-17-6-2-1-5-16(17)19(24)23-10-3-4-15(13-23)18-21-9-11-22(18)12-14-7-8-14/h1-2,5-6,9,11,14-15H,3-4,7-8,10,12-13H2/t15-/m0/s1. The number of imidazole rings is 1. The van der Waals surface area contributed by atoms with Crippen LogP contribution in [0.5, 0.6) is 0 Å². The molecule has 2 heterocycles. The number of hydrogen-bond acceptors (Lipinski definition) is 2. The molecule has 2 aliphatic rings. The van der Waals surface area contributed by atoms with Crippen LogP contribution in [0.3, 0.4) is 0 Å². The molecular weight excluding hydrogens is 322 g/mol. The first kappa shape index (κ1) is 15.7. The highest BCUT2D eigenvalue weighted by molar-refractivity contribution is 6.33. The molecule has 0 unspecified atom stereocenters. The normalized spacial score (nSPS) is 21.0. The van der Waals surface area contributed by atoms with Crippen LogP contribution in [0, 0.1) is 5.92 Å². The number of hydrogen-bond donors (Lipinski definition) is 0. The summed E-state index contributed by atoms with van der Waals surface area (Å²) in [4.78, 5) is 19.4. The van der Waals surface area contributed by atoms with Gasteiger partial charge in [-0.05, 0) is 43.7 Å². The minimum atomic E-state index is 0.0330. The Balaban J connectivity index is 1.50. The number of aromatic nitrogens is 2. The van der Waals surface area contributed by atoms with Crippen molar-refractivity contribution in [3.05, 3.63) is 53.1 Å². The second-order valence-electron chi connectivity index (χ2n) is 6.95. The Morgan fingerprint density at radius 3 is 2.88 bits per heavy atom. The van der Waals surface area contributed by atoms with Crippen molar-refractivity contribution in [2.24, 2.45) is 5.92 Å². The van der Waals surface area contributed by atoms with E-state index in [1.165, 1.54) is 12.8 Å². The van der Waals surface area contributed by atoms with Crippen LogP contribution in [0.25, 0.3) is 0 Å². The van der Waals surface area contributed by atoms with Crippen molar-refractivity contribution in [3.63, 3.8) is 0 Å². The summed E-state index contributed by atoms with van der Waals surface area (Å²) in [6.07, 6.45) is 8.75. The molecule has 1 aliphatic carbocycles. The van der Waals surface area contributed by atoms with E-state index in [0.717, 1.165) is 44.2 Å². The molecule has 1 aromatic heterocycles. The quantitative estimate of drug-likeness (QED) is 0.842. The van der Waals surface area contributed by atoms with E-state index in [4.69, 9.17) is 11.6 Å². The number of likely N-dealkylation sites (tertiary alicyclic amines) is 1. The van der Waals surface area contributed by atoms with Crippen molar-refractivity contribution in [2.45, 2.75) is 38.1 Å². The number of benzene rings is 1. The fraction of sp³-hybridized carbons (Fsp3) is 0.474. The maximum Gasteiger partial charge on any atom is 0.255 e.